The van der Waals surface area contributed by atoms with Crippen molar-refractivity contribution in [2.45, 2.75) is 6.54 Å². The summed E-state index contributed by atoms with van der Waals surface area (Å²) in [4.78, 5) is 4.05. The van der Waals surface area contributed by atoms with Gasteiger partial charge in [-0.1, -0.05) is 22.0 Å². The van der Waals surface area contributed by atoms with E-state index >= 15 is 0 Å². The van der Waals surface area contributed by atoms with Gasteiger partial charge in [0.05, 0.1) is 12.8 Å². The second-order valence-electron chi connectivity index (χ2n) is 4.21. The fourth-order valence-corrected chi connectivity index (χ4v) is 2.04. The first-order valence-corrected chi connectivity index (χ1v) is 7.15. The molecule has 0 spiro atoms. The number of nitrogens with zero attached hydrogens (tertiary/aromatic N) is 1. The van der Waals surface area contributed by atoms with Gasteiger partial charge in [0.2, 0.25) is 0 Å². The predicted octanol–water partition coefficient (Wildman–Crippen LogP) is 3.37. The normalized spacial score (nSPS) is 10.5. The Morgan fingerprint density at radius 3 is 2.95 bits per heavy atom. The van der Waals surface area contributed by atoms with Crippen molar-refractivity contribution in [2.24, 2.45) is 0 Å². The highest BCUT2D eigenvalue weighted by atomic mass is 79.9. The number of ether oxygens (including phenoxy) is 2. The molecule has 0 atom stereocenters. The second-order valence-corrected chi connectivity index (χ2v) is 5.13. The third kappa shape index (κ3) is 4.59. The number of aromatic nitrogens is 1. The molecule has 0 fully saturated rings. The van der Waals surface area contributed by atoms with Crippen LogP contribution in [-0.2, 0) is 11.3 Å². The topological polar surface area (TPSA) is 43.4 Å². The molecule has 1 N–H and O–H groups in total. The van der Waals surface area contributed by atoms with Crippen LogP contribution in [0.15, 0.2) is 47.2 Å². The van der Waals surface area contributed by atoms with E-state index in [2.05, 4.69) is 26.2 Å². The van der Waals surface area contributed by atoms with Crippen molar-refractivity contribution >= 4 is 15.9 Å². The summed E-state index contributed by atoms with van der Waals surface area (Å²) in [6.07, 6.45) is 3.42. The van der Waals surface area contributed by atoms with Crippen molar-refractivity contribution in [3.05, 3.63) is 52.8 Å². The molecular weight excluding hydrogens is 320 g/mol. The zero-order valence-corrected chi connectivity index (χ0v) is 12.9. The fraction of sp³-hybridized carbons (Fsp3) is 0.267. The van der Waals surface area contributed by atoms with Gasteiger partial charge >= 0.3 is 0 Å². The molecule has 20 heavy (non-hydrogen) atoms. The number of pyridine rings is 1. The van der Waals surface area contributed by atoms with E-state index in [1.165, 1.54) is 0 Å². The Morgan fingerprint density at radius 1 is 1.30 bits per heavy atom. The average molecular weight is 337 g/mol. The Balaban J connectivity index is 2.07. The van der Waals surface area contributed by atoms with E-state index in [0.29, 0.717) is 6.61 Å². The number of rotatable bonds is 7. The Morgan fingerprint density at radius 2 is 2.20 bits per heavy atom. The number of nitrogens with one attached hydrogen (secondary N) is 1. The largest absolute Gasteiger partial charge is 0.455 e. The Kier molecular flexibility index (Phi) is 5.98. The van der Waals surface area contributed by atoms with E-state index in [1.807, 2.05) is 30.3 Å². The zero-order valence-electron chi connectivity index (χ0n) is 11.3. The quantitative estimate of drug-likeness (QED) is 0.787. The van der Waals surface area contributed by atoms with E-state index in [9.17, 15) is 0 Å². The molecule has 1 heterocycles. The lowest BCUT2D eigenvalue weighted by Crippen LogP contribution is -2.18. The molecule has 0 saturated heterocycles. The first kappa shape index (κ1) is 15.0. The first-order valence-electron chi connectivity index (χ1n) is 6.35. The summed E-state index contributed by atoms with van der Waals surface area (Å²) in [5.74, 6) is 1.54. The van der Waals surface area contributed by atoms with Crippen LogP contribution in [-0.4, -0.2) is 25.2 Å². The van der Waals surface area contributed by atoms with Crippen LogP contribution in [0.5, 0.6) is 11.5 Å². The molecular formula is C15H17BrN2O2. The number of benzene rings is 1. The van der Waals surface area contributed by atoms with Crippen LogP contribution in [0.2, 0.25) is 0 Å². The lowest BCUT2D eigenvalue weighted by atomic mass is 10.2. The maximum absolute atomic E-state index is 5.88. The van der Waals surface area contributed by atoms with Crippen molar-refractivity contribution < 1.29 is 9.47 Å². The number of methoxy groups -OCH3 is 1. The van der Waals surface area contributed by atoms with Gasteiger partial charge < -0.3 is 14.8 Å². The third-order valence-corrected chi connectivity index (χ3v) is 3.18. The van der Waals surface area contributed by atoms with Crippen LogP contribution >= 0.6 is 15.9 Å². The van der Waals surface area contributed by atoms with Crippen LogP contribution in [0.25, 0.3) is 0 Å². The number of hydrogen-bond donors (Lipinski definition) is 1. The first-order chi connectivity index (χ1) is 9.79. The summed E-state index contributed by atoms with van der Waals surface area (Å²) >= 11 is 3.47. The SMILES string of the molecule is COCCNCc1ccc(Br)cc1Oc1cccnc1. The highest BCUT2D eigenvalue weighted by molar-refractivity contribution is 9.10. The van der Waals surface area contributed by atoms with Crippen molar-refractivity contribution in [2.75, 3.05) is 20.3 Å². The molecule has 1 aromatic heterocycles. The molecule has 0 aliphatic carbocycles. The van der Waals surface area contributed by atoms with Crippen LogP contribution in [0.4, 0.5) is 0 Å². The minimum Gasteiger partial charge on any atom is -0.455 e. The molecule has 106 valence electrons. The van der Waals surface area contributed by atoms with E-state index in [4.69, 9.17) is 9.47 Å². The molecule has 0 unspecified atom stereocenters. The lowest BCUT2D eigenvalue weighted by molar-refractivity contribution is 0.199. The molecule has 0 bridgehead atoms. The van der Waals surface area contributed by atoms with Gasteiger partial charge in [0.1, 0.15) is 11.5 Å². The third-order valence-electron chi connectivity index (χ3n) is 2.69. The Hall–Kier alpha value is -1.43. The molecule has 2 aromatic rings. The van der Waals surface area contributed by atoms with Crippen molar-refractivity contribution in [1.82, 2.24) is 10.3 Å². The lowest BCUT2D eigenvalue weighted by Gasteiger charge is -2.12. The highest BCUT2D eigenvalue weighted by Crippen LogP contribution is 2.28. The van der Waals surface area contributed by atoms with Gasteiger partial charge in [0.25, 0.3) is 0 Å². The summed E-state index contributed by atoms with van der Waals surface area (Å²) in [6, 6.07) is 9.74. The molecule has 5 heteroatoms. The average Bonchev–Trinajstić information content (AvgIpc) is 2.47. The predicted molar refractivity (Wildman–Crippen MR) is 82.0 cm³/mol. The zero-order chi connectivity index (χ0) is 14.2. The van der Waals surface area contributed by atoms with Crippen LogP contribution in [0, 0.1) is 0 Å². The van der Waals surface area contributed by atoms with Crippen LogP contribution in [0.3, 0.4) is 0 Å². The summed E-state index contributed by atoms with van der Waals surface area (Å²) < 4.78 is 11.9. The van der Waals surface area contributed by atoms with E-state index < -0.39 is 0 Å². The van der Waals surface area contributed by atoms with E-state index in [1.54, 1.807) is 19.5 Å². The second kappa shape index (κ2) is 7.99. The van der Waals surface area contributed by atoms with Crippen LogP contribution < -0.4 is 10.1 Å². The van der Waals surface area contributed by atoms with Crippen molar-refractivity contribution in [1.29, 1.82) is 0 Å². The maximum Gasteiger partial charge on any atom is 0.145 e. The minimum absolute atomic E-state index is 0.690. The van der Waals surface area contributed by atoms with Gasteiger partial charge in [0.15, 0.2) is 0 Å². The van der Waals surface area contributed by atoms with Crippen molar-refractivity contribution in [3.63, 3.8) is 0 Å². The monoisotopic (exact) mass is 336 g/mol. The maximum atomic E-state index is 5.88. The standard InChI is InChI=1S/C15H17BrN2O2/c1-19-8-7-18-10-12-4-5-13(16)9-15(12)20-14-3-2-6-17-11-14/h2-6,9,11,18H,7-8,10H2,1H3. The molecule has 2 rings (SSSR count). The van der Waals surface area contributed by atoms with Crippen molar-refractivity contribution in [3.8, 4) is 11.5 Å². The molecule has 4 nitrogen and oxygen atoms in total. The van der Waals surface area contributed by atoms with Gasteiger partial charge in [0, 0.05) is 36.4 Å². The summed E-state index contributed by atoms with van der Waals surface area (Å²) in [5, 5.41) is 3.31. The Bertz CT molecular complexity index is 535. The molecule has 0 aliphatic rings. The molecule has 0 amide bonds. The molecule has 0 aliphatic heterocycles. The summed E-state index contributed by atoms with van der Waals surface area (Å²) in [5.41, 5.74) is 1.09. The van der Waals surface area contributed by atoms with Gasteiger partial charge in [-0.25, -0.2) is 0 Å². The molecule has 0 radical (unpaired) electrons. The van der Waals surface area contributed by atoms with Gasteiger partial charge in [-0.2, -0.15) is 0 Å². The number of halogens is 1. The molecule has 1 aromatic carbocycles. The highest BCUT2D eigenvalue weighted by Gasteiger charge is 2.06. The van der Waals surface area contributed by atoms with Gasteiger partial charge in [-0.3, -0.25) is 4.98 Å². The van der Waals surface area contributed by atoms with Gasteiger partial charge in [-0.15, -0.1) is 0 Å². The van der Waals surface area contributed by atoms with Gasteiger partial charge in [-0.05, 0) is 24.3 Å². The Labute approximate surface area is 127 Å². The van der Waals surface area contributed by atoms with E-state index in [-0.39, 0.29) is 0 Å². The molecule has 0 saturated carbocycles. The van der Waals surface area contributed by atoms with Crippen LogP contribution in [0.1, 0.15) is 5.56 Å². The fourth-order valence-electron chi connectivity index (χ4n) is 1.70. The smallest absolute Gasteiger partial charge is 0.145 e. The minimum atomic E-state index is 0.690. The van der Waals surface area contributed by atoms with E-state index in [0.717, 1.165) is 34.6 Å². The summed E-state index contributed by atoms with van der Waals surface area (Å²) in [7, 11) is 1.69. The number of hydrogen-bond acceptors (Lipinski definition) is 4. The summed E-state index contributed by atoms with van der Waals surface area (Å²) in [6.45, 7) is 2.22.